The van der Waals surface area contributed by atoms with Crippen LogP contribution in [-0.2, 0) is 0 Å². The van der Waals surface area contributed by atoms with Crippen molar-refractivity contribution in [3.63, 3.8) is 0 Å². The van der Waals surface area contributed by atoms with Gasteiger partial charge in [-0.1, -0.05) is 0 Å². The number of hydrogen-bond donors (Lipinski definition) is 2. The second kappa shape index (κ2) is 4.03. The lowest BCUT2D eigenvalue weighted by Gasteiger charge is -2.04. The Morgan fingerprint density at radius 3 is 3.05 bits per heavy atom. The summed E-state index contributed by atoms with van der Waals surface area (Å²) >= 11 is 0. The van der Waals surface area contributed by atoms with Gasteiger partial charge in [0, 0.05) is 23.3 Å². The number of hydrogen-bond acceptors (Lipinski definition) is 5. The number of H-pyrrole nitrogens is 1. The summed E-state index contributed by atoms with van der Waals surface area (Å²) in [5.41, 5.74) is 7.09. The van der Waals surface area contributed by atoms with Crippen LogP contribution in [0.4, 0.5) is 10.2 Å². The number of nitriles is 1. The number of nitrogen functional groups attached to an aromatic ring is 1. The largest absolute Gasteiger partial charge is 0.381 e. The average Bonchev–Trinajstić information content (AvgIpc) is 2.85. The van der Waals surface area contributed by atoms with Gasteiger partial charge in [-0.25, -0.2) is 19.3 Å². The summed E-state index contributed by atoms with van der Waals surface area (Å²) in [7, 11) is 0. The van der Waals surface area contributed by atoms with Gasteiger partial charge in [0.05, 0.1) is 11.3 Å². The zero-order chi connectivity index (χ0) is 13.4. The van der Waals surface area contributed by atoms with Crippen LogP contribution in [0.2, 0.25) is 0 Å². The average molecular weight is 254 g/mol. The molecule has 0 unspecified atom stereocenters. The normalized spacial score (nSPS) is 10.5. The van der Waals surface area contributed by atoms with Crippen molar-refractivity contribution in [2.24, 2.45) is 0 Å². The van der Waals surface area contributed by atoms with Gasteiger partial charge in [0.1, 0.15) is 18.0 Å². The monoisotopic (exact) mass is 254 g/mol. The molecule has 3 heterocycles. The summed E-state index contributed by atoms with van der Waals surface area (Å²) in [6, 6.07) is 2.97. The number of fused-ring (bicyclic) bond motifs is 1. The van der Waals surface area contributed by atoms with E-state index in [4.69, 9.17) is 11.0 Å². The lowest BCUT2D eigenvalue weighted by molar-refractivity contribution is 0.627. The van der Waals surface area contributed by atoms with Crippen molar-refractivity contribution in [3.05, 3.63) is 36.2 Å². The molecule has 3 aromatic rings. The number of nitrogens with two attached hydrogens (primary N) is 1. The molecule has 3 rings (SSSR count). The van der Waals surface area contributed by atoms with Crippen molar-refractivity contribution >= 4 is 16.9 Å². The van der Waals surface area contributed by atoms with Crippen LogP contribution in [0.3, 0.4) is 0 Å². The number of halogens is 1. The van der Waals surface area contributed by atoms with Gasteiger partial charge in [0.25, 0.3) is 0 Å². The van der Waals surface area contributed by atoms with E-state index in [0.29, 0.717) is 22.3 Å². The zero-order valence-electron chi connectivity index (χ0n) is 9.55. The third-order valence-corrected chi connectivity index (χ3v) is 2.73. The van der Waals surface area contributed by atoms with Gasteiger partial charge >= 0.3 is 0 Å². The van der Waals surface area contributed by atoms with Crippen LogP contribution in [0, 0.1) is 17.1 Å². The number of aromatic nitrogens is 4. The number of nitrogens with zero attached hydrogens (tertiary/aromatic N) is 4. The molecular formula is C12H7FN6. The Morgan fingerprint density at radius 2 is 2.26 bits per heavy atom. The lowest BCUT2D eigenvalue weighted by Crippen LogP contribution is -1.99. The second-order valence-corrected chi connectivity index (χ2v) is 3.85. The highest BCUT2D eigenvalue weighted by Gasteiger charge is 2.15. The Bertz CT molecular complexity index is 817. The van der Waals surface area contributed by atoms with Crippen molar-refractivity contribution in [3.8, 4) is 17.3 Å². The van der Waals surface area contributed by atoms with Gasteiger partial charge in [-0.05, 0) is 6.07 Å². The van der Waals surface area contributed by atoms with Crippen LogP contribution >= 0.6 is 0 Å². The van der Waals surface area contributed by atoms with E-state index in [1.165, 1.54) is 6.33 Å². The van der Waals surface area contributed by atoms with Crippen LogP contribution in [-0.4, -0.2) is 19.9 Å². The van der Waals surface area contributed by atoms with E-state index in [2.05, 4.69) is 19.9 Å². The molecule has 0 saturated carbocycles. The van der Waals surface area contributed by atoms with Crippen LogP contribution in [0.5, 0.6) is 0 Å². The summed E-state index contributed by atoms with van der Waals surface area (Å²) in [4.78, 5) is 14.8. The smallest absolute Gasteiger partial charge is 0.166 e. The van der Waals surface area contributed by atoms with Crippen molar-refractivity contribution < 1.29 is 4.39 Å². The summed E-state index contributed by atoms with van der Waals surface area (Å²) in [5, 5.41) is 9.76. The molecular weight excluding hydrogens is 247 g/mol. The Kier molecular flexibility index (Phi) is 2.35. The first-order valence-corrected chi connectivity index (χ1v) is 5.34. The first-order valence-electron chi connectivity index (χ1n) is 5.34. The highest BCUT2D eigenvalue weighted by molar-refractivity contribution is 5.93. The van der Waals surface area contributed by atoms with E-state index in [1.54, 1.807) is 12.4 Å². The fourth-order valence-electron chi connectivity index (χ4n) is 1.85. The van der Waals surface area contributed by atoms with E-state index in [1.807, 2.05) is 6.07 Å². The quantitative estimate of drug-likeness (QED) is 0.686. The fraction of sp³-hybridized carbons (Fsp3) is 0. The predicted octanol–water partition coefficient (Wildman–Crippen LogP) is 1.61. The molecule has 0 fully saturated rings. The summed E-state index contributed by atoms with van der Waals surface area (Å²) < 4.78 is 13.3. The molecule has 0 amide bonds. The molecule has 92 valence electrons. The van der Waals surface area contributed by atoms with Gasteiger partial charge in [-0.2, -0.15) is 5.26 Å². The van der Waals surface area contributed by atoms with Gasteiger partial charge in [0.2, 0.25) is 0 Å². The number of pyridine rings is 1. The predicted molar refractivity (Wildman–Crippen MR) is 66.2 cm³/mol. The van der Waals surface area contributed by atoms with E-state index in [-0.39, 0.29) is 11.4 Å². The first-order chi connectivity index (χ1) is 9.20. The van der Waals surface area contributed by atoms with Crippen molar-refractivity contribution in [2.75, 3.05) is 5.73 Å². The highest BCUT2D eigenvalue weighted by Crippen LogP contribution is 2.29. The molecule has 0 atom stereocenters. The SMILES string of the molecule is N#Cc1cc(F)c(N)nc1-c1c[nH]c2ncncc12. The first kappa shape index (κ1) is 11.1. The zero-order valence-corrected chi connectivity index (χ0v) is 9.55. The summed E-state index contributed by atoms with van der Waals surface area (Å²) in [6.45, 7) is 0. The molecule has 3 N–H and O–H groups in total. The molecule has 0 spiro atoms. The number of rotatable bonds is 1. The maximum atomic E-state index is 13.3. The highest BCUT2D eigenvalue weighted by atomic mass is 19.1. The Morgan fingerprint density at radius 1 is 1.42 bits per heavy atom. The molecule has 0 aliphatic rings. The van der Waals surface area contributed by atoms with Crippen LogP contribution < -0.4 is 5.73 Å². The minimum atomic E-state index is -0.712. The Balaban J connectivity index is 2.33. The van der Waals surface area contributed by atoms with E-state index in [9.17, 15) is 4.39 Å². The van der Waals surface area contributed by atoms with Crippen molar-refractivity contribution in [1.29, 1.82) is 5.26 Å². The Labute approximate surface area is 106 Å². The number of anilines is 1. The van der Waals surface area contributed by atoms with Crippen LogP contribution in [0.15, 0.2) is 24.8 Å². The molecule has 0 radical (unpaired) electrons. The minimum Gasteiger partial charge on any atom is -0.381 e. The van der Waals surface area contributed by atoms with Gasteiger partial charge < -0.3 is 10.7 Å². The topological polar surface area (TPSA) is 104 Å². The van der Waals surface area contributed by atoms with E-state index in [0.717, 1.165) is 6.07 Å². The van der Waals surface area contributed by atoms with Crippen molar-refractivity contribution in [1.82, 2.24) is 19.9 Å². The van der Waals surface area contributed by atoms with Crippen LogP contribution in [0.1, 0.15) is 5.56 Å². The molecule has 6 nitrogen and oxygen atoms in total. The minimum absolute atomic E-state index is 0.108. The maximum Gasteiger partial charge on any atom is 0.166 e. The lowest BCUT2D eigenvalue weighted by atomic mass is 10.1. The molecule has 0 saturated heterocycles. The Hall–Kier alpha value is -3.01. The molecule has 19 heavy (non-hydrogen) atoms. The van der Waals surface area contributed by atoms with Crippen molar-refractivity contribution in [2.45, 2.75) is 0 Å². The molecule has 7 heteroatoms. The molecule has 0 aliphatic carbocycles. The maximum absolute atomic E-state index is 13.3. The third-order valence-electron chi connectivity index (χ3n) is 2.73. The molecule has 0 aliphatic heterocycles. The van der Waals surface area contributed by atoms with Gasteiger partial charge in [-0.15, -0.1) is 0 Å². The standard InChI is InChI=1S/C12H7FN6/c13-9-1-6(2-14)10(19-11(9)15)7-4-17-12-8(7)3-16-5-18-12/h1,3-5H,(H2,15,19)(H,16,17,18). The molecule has 0 bridgehead atoms. The van der Waals surface area contributed by atoms with Gasteiger partial charge in [0.15, 0.2) is 11.6 Å². The third kappa shape index (κ3) is 1.66. The number of aromatic amines is 1. The summed E-state index contributed by atoms with van der Waals surface area (Å²) in [5.74, 6) is -0.961. The number of nitrogens with one attached hydrogen (secondary N) is 1. The van der Waals surface area contributed by atoms with E-state index >= 15 is 0 Å². The van der Waals surface area contributed by atoms with E-state index < -0.39 is 5.82 Å². The van der Waals surface area contributed by atoms with Crippen LogP contribution in [0.25, 0.3) is 22.3 Å². The second-order valence-electron chi connectivity index (χ2n) is 3.85. The summed E-state index contributed by atoms with van der Waals surface area (Å²) in [6.07, 6.45) is 4.64. The molecule has 0 aromatic carbocycles. The fourth-order valence-corrected chi connectivity index (χ4v) is 1.85. The van der Waals surface area contributed by atoms with Gasteiger partial charge in [-0.3, -0.25) is 0 Å². The molecule has 3 aromatic heterocycles.